The van der Waals surface area contributed by atoms with Gasteiger partial charge in [0.1, 0.15) is 22.7 Å². The highest BCUT2D eigenvalue weighted by molar-refractivity contribution is 6.31. The third-order valence-corrected chi connectivity index (χ3v) is 4.43. The number of fused-ring (bicyclic) bond motifs is 2. The fourth-order valence-electron chi connectivity index (χ4n) is 2.61. The molecule has 0 saturated heterocycles. The van der Waals surface area contributed by atoms with Crippen LogP contribution >= 0.6 is 23.2 Å². The van der Waals surface area contributed by atoms with Gasteiger partial charge in [-0.05, 0) is 49.4 Å². The van der Waals surface area contributed by atoms with E-state index in [1.54, 1.807) is 30.3 Å². The molecular weight excluding hydrogens is 433 g/mol. The Labute approximate surface area is 180 Å². The summed E-state index contributed by atoms with van der Waals surface area (Å²) in [4.78, 5) is 22.1. The first-order valence-corrected chi connectivity index (χ1v) is 9.61. The van der Waals surface area contributed by atoms with Crippen LogP contribution in [0, 0.1) is 0 Å². The van der Waals surface area contributed by atoms with Gasteiger partial charge in [0.2, 0.25) is 0 Å². The highest BCUT2D eigenvalue weighted by Crippen LogP contribution is 2.27. The van der Waals surface area contributed by atoms with E-state index in [1.165, 1.54) is 12.1 Å². The largest absolute Gasteiger partial charge is 0.507 e. The molecule has 2 aromatic heterocycles. The number of ether oxygens (including phenoxy) is 1. The van der Waals surface area contributed by atoms with Crippen LogP contribution in [0.25, 0.3) is 21.9 Å². The number of benzene rings is 2. The molecule has 0 spiro atoms. The zero-order chi connectivity index (χ0) is 21.7. The van der Waals surface area contributed by atoms with Gasteiger partial charge in [-0.2, -0.15) is 0 Å². The van der Waals surface area contributed by atoms with Gasteiger partial charge < -0.3 is 24.4 Å². The lowest BCUT2D eigenvalue weighted by molar-refractivity contribution is 0.314. The molecule has 0 aliphatic rings. The second kappa shape index (κ2) is 9.67. The highest BCUT2D eigenvalue weighted by Gasteiger charge is 2.07. The van der Waals surface area contributed by atoms with Crippen LogP contribution in [-0.2, 0) is 0 Å². The van der Waals surface area contributed by atoms with Crippen LogP contribution in [0.3, 0.4) is 0 Å². The van der Waals surface area contributed by atoms with E-state index in [9.17, 15) is 14.7 Å². The molecule has 156 valence electrons. The molecule has 9 heteroatoms. The molecule has 3 N–H and O–H groups in total. The molecule has 0 aliphatic heterocycles. The van der Waals surface area contributed by atoms with Gasteiger partial charge in [0.25, 0.3) is 0 Å². The zero-order valence-electron chi connectivity index (χ0n) is 15.6. The van der Waals surface area contributed by atoms with E-state index >= 15 is 0 Å². The van der Waals surface area contributed by atoms with Gasteiger partial charge in [-0.1, -0.05) is 23.2 Å². The van der Waals surface area contributed by atoms with Crippen LogP contribution in [-0.4, -0.2) is 18.3 Å². The van der Waals surface area contributed by atoms with Crippen molar-refractivity contribution < 1.29 is 18.7 Å². The van der Waals surface area contributed by atoms with Gasteiger partial charge in [0.15, 0.2) is 0 Å². The lowest BCUT2D eigenvalue weighted by atomic mass is 10.2. The number of hydrogen-bond donors (Lipinski definition) is 2. The van der Waals surface area contributed by atoms with Crippen molar-refractivity contribution in [3.63, 3.8) is 0 Å². The SMILES string of the molecule is NCCCOc1cc(=O)oc2ccc(Cl)cc12.O=c1cc(O)c2cc(Cl)ccc2o1. The summed E-state index contributed by atoms with van der Waals surface area (Å²) in [6.45, 7) is 1.00. The molecule has 0 amide bonds. The third kappa shape index (κ3) is 5.33. The van der Waals surface area contributed by atoms with Crippen molar-refractivity contribution in [1.82, 2.24) is 0 Å². The van der Waals surface area contributed by atoms with Crippen molar-refractivity contribution in [3.05, 3.63) is 79.4 Å². The van der Waals surface area contributed by atoms with Crippen molar-refractivity contribution >= 4 is 45.1 Å². The Morgan fingerprint density at radius 1 is 0.867 bits per heavy atom. The fourth-order valence-corrected chi connectivity index (χ4v) is 2.95. The molecule has 30 heavy (non-hydrogen) atoms. The summed E-state index contributed by atoms with van der Waals surface area (Å²) >= 11 is 11.6. The van der Waals surface area contributed by atoms with Gasteiger partial charge in [0.05, 0.1) is 29.5 Å². The topological polar surface area (TPSA) is 116 Å². The summed E-state index contributed by atoms with van der Waals surface area (Å²) in [5.74, 6) is 0.362. The Morgan fingerprint density at radius 2 is 1.43 bits per heavy atom. The molecule has 4 aromatic rings. The summed E-state index contributed by atoms with van der Waals surface area (Å²) in [7, 11) is 0. The molecule has 0 fully saturated rings. The average Bonchev–Trinajstić information content (AvgIpc) is 2.70. The van der Waals surface area contributed by atoms with Gasteiger partial charge in [-0.25, -0.2) is 9.59 Å². The standard InChI is InChI=1S/C12H12ClNO3.C9H5ClO3/c13-8-2-3-10-9(6-8)11(7-12(15)17-10)16-5-1-4-14;10-5-1-2-8-6(3-5)7(11)4-9(12)13-8/h2-3,6-7H,1,4-5,14H2;1-4,11H. The van der Waals surface area contributed by atoms with Crippen molar-refractivity contribution in [3.8, 4) is 11.5 Å². The molecule has 4 rings (SSSR count). The fraction of sp³-hybridized carbons (Fsp3) is 0.143. The van der Waals surface area contributed by atoms with E-state index in [0.29, 0.717) is 50.9 Å². The number of nitrogens with two attached hydrogens (primary N) is 1. The Hall–Kier alpha value is -3.00. The Morgan fingerprint density at radius 3 is 2.07 bits per heavy atom. The molecule has 2 aromatic carbocycles. The summed E-state index contributed by atoms with van der Waals surface area (Å²) in [6, 6.07) is 12.0. The van der Waals surface area contributed by atoms with Crippen LogP contribution < -0.4 is 21.7 Å². The smallest absolute Gasteiger partial charge is 0.339 e. The lowest BCUT2D eigenvalue weighted by Gasteiger charge is -2.07. The Balaban J connectivity index is 0.000000177. The second-order valence-electron chi connectivity index (χ2n) is 6.15. The average molecular weight is 450 g/mol. The van der Waals surface area contributed by atoms with Crippen molar-refractivity contribution in [2.75, 3.05) is 13.2 Å². The molecule has 0 radical (unpaired) electrons. The van der Waals surface area contributed by atoms with Gasteiger partial charge in [0, 0.05) is 10.0 Å². The molecule has 0 aliphatic carbocycles. The van der Waals surface area contributed by atoms with E-state index in [1.807, 2.05) is 0 Å². The third-order valence-electron chi connectivity index (χ3n) is 3.96. The summed E-state index contributed by atoms with van der Waals surface area (Å²) in [5, 5.41) is 11.5. The first-order chi connectivity index (χ1) is 14.4. The first-order valence-electron chi connectivity index (χ1n) is 8.86. The van der Waals surface area contributed by atoms with Gasteiger partial charge in [-0.15, -0.1) is 0 Å². The molecule has 0 bridgehead atoms. The molecule has 0 unspecified atom stereocenters. The van der Waals surface area contributed by atoms with E-state index in [-0.39, 0.29) is 5.75 Å². The van der Waals surface area contributed by atoms with E-state index in [2.05, 4.69) is 0 Å². The van der Waals surface area contributed by atoms with Gasteiger partial charge >= 0.3 is 11.3 Å². The molecule has 0 atom stereocenters. The van der Waals surface area contributed by atoms with Crippen molar-refractivity contribution in [2.24, 2.45) is 5.73 Å². The van der Waals surface area contributed by atoms with Crippen LogP contribution in [0.5, 0.6) is 11.5 Å². The molecular formula is C21H17Cl2NO6. The zero-order valence-corrected chi connectivity index (χ0v) is 17.1. The number of rotatable bonds is 4. The van der Waals surface area contributed by atoms with Crippen molar-refractivity contribution in [1.29, 1.82) is 0 Å². The minimum absolute atomic E-state index is 0.117. The predicted molar refractivity (Wildman–Crippen MR) is 116 cm³/mol. The second-order valence-corrected chi connectivity index (χ2v) is 7.02. The minimum Gasteiger partial charge on any atom is -0.507 e. The number of halogens is 2. The van der Waals surface area contributed by atoms with Crippen LogP contribution in [0.2, 0.25) is 10.0 Å². The van der Waals surface area contributed by atoms with Crippen LogP contribution in [0.1, 0.15) is 6.42 Å². The minimum atomic E-state index is -0.577. The van der Waals surface area contributed by atoms with Crippen LogP contribution in [0.4, 0.5) is 0 Å². The van der Waals surface area contributed by atoms with Crippen molar-refractivity contribution in [2.45, 2.75) is 6.42 Å². The summed E-state index contributed by atoms with van der Waals surface area (Å²) in [5.41, 5.74) is 5.15. The maximum Gasteiger partial charge on any atom is 0.339 e. The van der Waals surface area contributed by atoms with E-state index in [0.717, 1.165) is 12.5 Å². The molecule has 0 saturated carbocycles. The molecule has 2 heterocycles. The quantitative estimate of drug-likeness (QED) is 0.351. The maximum atomic E-state index is 11.3. The Kier molecular flexibility index (Phi) is 6.99. The normalized spacial score (nSPS) is 10.6. The predicted octanol–water partition coefficient (Wildman–Crippen LogP) is 4.33. The maximum absolute atomic E-state index is 11.3. The number of aromatic hydroxyl groups is 1. The van der Waals surface area contributed by atoms with E-state index in [4.69, 9.17) is 42.5 Å². The lowest BCUT2D eigenvalue weighted by Crippen LogP contribution is -2.08. The summed E-state index contributed by atoms with van der Waals surface area (Å²) < 4.78 is 15.4. The first kappa shape index (κ1) is 21.7. The van der Waals surface area contributed by atoms with Crippen LogP contribution in [0.15, 0.2) is 67.0 Å². The monoisotopic (exact) mass is 449 g/mol. The highest BCUT2D eigenvalue weighted by atomic mass is 35.5. The molecule has 7 nitrogen and oxygen atoms in total. The van der Waals surface area contributed by atoms with E-state index < -0.39 is 11.3 Å². The van der Waals surface area contributed by atoms with Gasteiger partial charge in [-0.3, -0.25) is 0 Å². The summed E-state index contributed by atoms with van der Waals surface area (Å²) in [6.07, 6.45) is 0.724. The number of hydrogen-bond acceptors (Lipinski definition) is 7. The Bertz CT molecular complexity index is 1300.